The van der Waals surface area contributed by atoms with Crippen molar-refractivity contribution in [3.05, 3.63) is 54.1 Å². The van der Waals surface area contributed by atoms with Crippen LogP contribution in [0.5, 0.6) is 11.5 Å². The number of aliphatic hydroxyl groups is 1. The maximum Gasteiger partial charge on any atom is 0.168 e. The fraction of sp³-hybridized carbons (Fsp3) is 0.0833. The van der Waals surface area contributed by atoms with E-state index in [-0.39, 0.29) is 12.4 Å². The third-order valence-corrected chi connectivity index (χ3v) is 2.07. The number of nitrogens with zero attached hydrogens (tertiary/aromatic N) is 1. The molecule has 0 radical (unpaired) electrons. The van der Waals surface area contributed by atoms with E-state index in [1.807, 2.05) is 0 Å². The van der Waals surface area contributed by atoms with Crippen molar-refractivity contribution in [1.82, 2.24) is 4.98 Å². The minimum Gasteiger partial charge on any atom is -0.452 e. The van der Waals surface area contributed by atoms with Crippen molar-refractivity contribution in [3.63, 3.8) is 0 Å². The van der Waals surface area contributed by atoms with Crippen molar-refractivity contribution in [2.75, 3.05) is 0 Å². The predicted octanol–water partition coefficient (Wildman–Crippen LogP) is 2.51. The summed E-state index contributed by atoms with van der Waals surface area (Å²) in [6.45, 7) is -0.270. The van der Waals surface area contributed by atoms with Crippen LogP contribution in [0.25, 0.3) is 0 Å². The van der Waals surface area contributed by atoms with Crippen LogP contribution in [0.15, 0.2) is 42.7 Å². The van der Waals surface area contributed by atoms with Crippen molar-refractivity contribution in [2.24, 2.45) is 0 Å². The minimum absolute atomic E-state index is 0.0398. The lowest BCUT2D eigenvalue weighted by Gasteiger charge is -2.09. The molecule has 0 spiro atoms. The van der Waals surface area contributed by atoms with E-state index in [0.29, 0.717) is 11.3 Å². The molecule has 0 amide bonds. The second-order valence-electron chi connectivity index (χ2n) is 3.18. The second kappa shape index (κ2) is 4.72. The topological polar surface area (TPSA) is 42.4 Å². The molecule has 0 aliphatic carbocycles. The van der Waals surface area contributed by atoms with Crippen LogP contribution >= 0.6 is 0 Å². The highest BCUT2D eigenvalue weighted by molar-refractivity contribution is 5.37. The molecule has 3 nitrogen and oxygen atoms in total. The average Bonchev–Trinajstić information content (AvgIpc) is 2.33. The van der Waals surface area contributed by atoms with Crippen LogP contribution in [0.2, 0.25) is 0 Å². The first-order valence-corrected chi connectivity index (χ1v) is 4.77. The van der Waals surface area contributed by atoms with Gasteiger partial charge in [-0.25, -0.2) is 4.39 Å². The fourth-order valence-corrected chi connectivity index (χ4v) is 1.32. The maximum atomic E-state index is 13.5. The summed E-state index contributed by atoms with van der Waals surface area (Å²) in [6, 6.07) is 7.77. The van der Waals surface area contributed by atoms with Crippen LogP contribution in [0, 0.1) is 5.82 Å². The summed E-state index contributed by atoms with van der Waals surface area (Å²) in [5, 5.41) is 9.06. The van der Waals surface area contributed by atoms with Gasteiger partial charge in [0.2, 0.25) is 0 Å². The summed E-state index contributed by atoms with van der Waals surface area (Å²) in [5.74, 6) is -0.0318. The predicted molar refractivity (Wildman–Crippen MR) is 56.6 cm³/mol. The molecule has 2 aromatic rings. The Kier molecular flexibility index (Phi) is 3.12. The zero-order valence-corrected chi connectivity index (χ0v) is 8.43. The molecule has 0 saturated carbocycles. The molecule has 1 aromatic carbocycles. The average molecular weight is 219 g/mol. The van der Waals surface area contributed by atoms with Crippen LogP contribution in [0.4, 0.5) is 4.39 Å². The molecule has 0 fully saturated rings. The molecule has 2 rings (SSSR count). The molecule has 0 bridgehead atoms. The lowest BCUT2D eigenvalue weighted by Crippen LogP contribution is -1.95. The smallest absolute Gasteiger partial charge is 0.168 e. The van der Waals surface area contributed by atoms with E-state index in [1.165, 1.54) is 18.3 Å². The summed E-state index contributed by atoms with van der Waals surface area (Å²) in [6.07, 6.45) is 3.08. The van der Waals surface area contributed by atoms with Crippen molar-refractivity contribution in [2.45, 2.75) is 6.61 Å². The van der Waals surface area contributed by atoms with Gasteiger partial charge in [0.05, 0.1) is 12.8 Å². The summed E-state index contributed by atoms with van der Waals surface area (Å²) in [5.41, 5.74) is 0.406. The Morgan fingerprint density at radius 3 is 2.81 bits per heavy atom. The molecule has 0 aliphatic rings. The number of hydrogen-bond acceptors (Lipinski definition) is 3. The second-order valence-corrected chi connectivity index (χ2v) is 3.18. The molecule has 4 heteroatoms. The number of aliphatic hydroxyl groups excluding tert-OH is 1. The van der Waals surface area contributed by atoms with Gasteiger partial charge in [0.25, 0.3) is 0 Å². The maximum absolute atomic E-state index is 13.5. The third-order valence-electron chi connectivity index (χ3n) is 2.07. The highest BCUT2D eigenvalue weighted by atomic mass is 19.1. The number of pyridine rings is 1. The molecule has 0 atom stereocenters. The standard InChI is InChI=1S/C12H10FNO2/c13-11-5-1-3-9(8-15)12(11)16-10-4-2-6-14-7-10/h1-7,15H,8H2. The molecule has 1 heterocycles. The van der Waals surface area contributed by atoms with E-state index in [9.17, 15) is 4.39 Å². The van der Waals surface area contributed by atoms with Gasteiger partial charge in [-0.2, -0.15) is 0 Å². The van der Waals surface area contributed by atoms with Crippen LogP contribution in [-0.2, 0) is 6.61 Å². The molecular formula is C12H10FNO2. The van der Waals surface area contributed by atoms with Gasteiger partial charge in [-0.15, -0.1) is 0 Å². The van der Waals surface area contributed by atoms with Crippen molar-refractivity contribution in [3.8, 4) is 11.5 Å². The first-order valence-electron chi connectivity index (χ1n) is 4.77. The Bertz CT molecular complexity index is 474. The Balaban J connectivity index is 2.34. The van der Waals surface area contributed by atoms with Crippen molar-refractivity contribution < 1.29 is 14.2 Å². The zero-order chi connectivity index (χ0) is 11.4. The molecular weight excluding hydrogens is 209 g/mol. The van der Waals surface area contributed by atoms with Crippen molar-refractivity contribution >= 4 is 0 Å². The van der Waals surface area contributed by atoms with E-state index in [0.717, 1.165) is 0 Å². The van der Waals surface area contributed by atoms with Crippen LogP contribution in [0.1, 0.15) is 5.56 Å². The van der Waals surface area contributed by atoms with Gasteiger partial charge in [0, 0.05) is 11.8 Å². The van der Waals surface area contributed by atoms with Gasteiger partial charge in [0.15, 0.2) is 11.6 Å². The molecule has 0 aliphatic heterocycles. The molecule has 0 saturated heterocycles. The fourth-order valence-electron chi connectivity index (χ4n) is 1.32. The molecule has 0 unspecified atom stereocenters. The van der Waals surface area contributed by atoms with E-state index in [2.05, 4.69) is 4.98 Å². The summed E-state index contributed by atoms with van der Waals surface area (Å²) < 4.78 is 18.8. The Morgan fingerprint density at radius 1 is 1.25 bits per heavy atom. The van der Waals surface area contributed by atoms with E-state index in [1.54, 1.807) is 24.4 Å². The highest BCUT2D eigenvalue weighted by Crippen LogP contribution is 2.27. The van der Waals surface area contributed by atoms with Crippen LogP contribution < -0.4 is 4.74 Å². The number of benzene rings is 1. The first-order chi connectivity index (χ1) is 7.81. The highest BCUT2D eigenvalue weighted by Gasteiger charge is 2.09. The Morgan fingerprint density at radius 2 is 2.12 bits per heavy atom. The number of halogens is 1. The molecule has 1 N–H and O–H groups in total. The van der Waals surface area contributed by atoms with Crippen LogP contribution in [0.3, 0.4) is 0 Å². The number of para-hydroxylation sites is 1. The Labute approximate surface area is 92.1 Å². The van der Waals surface area contributed by atoms with Gasteiger partial charge < -0.3 is 9.84 Å². The molecule has 82 valence electrons. The monoisotopic (exact) mass is 219 g/mol. The number of rotatable bonds is 3. The van der Waals surface area contributed by atoms with E-state index in [4.69, 9.17) is 9.84 Å². The summed E-state index contributed by atoms with van der Waals surface area (Å²) in [7, 11) is 0. The number of hydrogen-bond donors (Lipinski definition) is 1. The van der Waals surface area contributed by atoms with E-state index < -0.39 is 5.82 Å². The largest absolute Gasteiger partial charge is 0.452 e. The van der Waals surface area contributed by atoms with Gasteiger partial charge >= 0.3 is 0 Å². The van der Waals surface area contributed by atoms with Crippen LogP contribution in [-0.4, -0.2) is 10.1 Å². The van der Waals surface area contributed by atoms with E-state index >= 15 is 0 Å². The third kappa shape index (κ3) is 2.17. The number of aromatic nitrogens is 1. The SMILES string of the molecule is OCc1cccc(F)c1Oc1cccnc1. The first kappa shape index (κ1) is 10.6. The van der Waals surface area contributed by atoms with Crippen molar-refractivity contribution in [1.29, 1.82) is 0 Å². The summed E-state index contributed by atoms with van der Waals surface area (Å²) >= 11 is 0. The van der Waals surface area contributed by atoms with Gasteiger partial charge in [-0.1, -0.05) is 12.1 Å². The summed E-state index contributed by atoms with van der Waals surface area (Å²) in [4.78, 5) is 3.86. The van der Waals surface area contributed by atoms with Gasteiger partial charge in [-0.05, 0) is 18.2 Å². The van der Waals surface area contributed by atoms with Gasteiger partial charge in [-0.3, -0.25) is 4.98 Å². The Hall–Kier alpha value is -1.94. The normalized spacial score (nSPS) is 10.1. The molecule has 16 heavy (non-hydrogen) atoms. The lowest BCUT2D eigenvalue weighted by atomic mass is 10.2. The van der Waals surface area contributed by atoms with Gasteiger partial charge in [0.1, 0.15) is 5.75 Å². The minimum atomic E-state index is -0.504. The zero-order valence-electron chi connectivity index (χ0n) is 8.43. The molecule has 1 aromatic heterocycles. The lowest BCUT2D eigenvalue weighted by molar-refractivity contribution is 0.274. The quantitative estimate of drug-likeness (QED) is 0.862. The number of ether oxygens (including phenoxy) is 1.